The highest BCUT2D eigenvalue weighted by Crippen LogP contribution is 2.36. The molecule has 1 aliphatic rings. The summed E-state index contributed by atoms with van der Waals surface area (Å²) in [4.78, 5) is 30.6. The summed E-state index contributed by atoms with van der Waals surface area (Å²) in [5.74, 6) is 0.435. The second-order valence-electron chi connectivity index (χ2n) is 5.73. The van der Waals surface area contributed by atoms with Gasteiger partial charge in [0.25, 0.3) is 0 Å². The van der Waals surface area contributed by atoms with Crippen LogP contribution in [-0.2, 0) is 9.59 Å². The summed E-state index contributed by atoms with van der Waals surface area (Å²) in [5.41, 5.74) is 1.49. The van der Waals surface area contributed by atoms with Gasteiger partial charge in [0.15, 0.2) is 5.13 Å². The molecule has 1 atom stereocenters. The van der Waals surface area contributed by atoms with Crippen molar-refractivity contribution in [2.75, 3.05) is 31.0 Å². The predicted octanol–water partition coefficient (Wildman–Crippen LogP) is 2.46. The summed E-state index contributed by atoms with van der Waals surface area (Å²) < 4.78 is 10.5. The standard InChI is InChI=1S/C17H19N3O4S/c1-10-9-25-17(18-10)19-16(22)11-6-15(21)20(8-11)13-5-4-12(23-2)7-14(13)24-3/h4-5,7,9,11H,6,8H2,1-3H3,(H,18,19,22). The number of anilines is 2. The highest BCUT2D eigenvalue weighted by molar-refractivity contribution is 7.13. The number of methoxy groups -OCH3 is 2. The van der Waals surface area contributed by atoms with Crippen LogP contribution in [0.4, 0.5) is 10.8 Å². The topological polar surface area (TPSA) is 80.8 Å². The van der Waals surface area contributed by atoms with E-state index in [1.165, 1.54) is 18.4 Å². The number of thiazole rings is 1. The zero-order valence-corrected chi connectivity index (χ0v) is 15.1. The van der Waals surface area contributed by atoms with Crippen LogP contribution in [0.5, 0.6) is 11.5 Å². The first-order valence-electron chi connectivity index (χ1n) is 7.77. The summed E-state index contributed by atoms with van der Waals surface area (Å²) in [6, 6.07) is 5.24. The van der Waals surface area contributed by atoms with Crippen molar-refractivity contribution < 1.29 is 19.1 Å². The molecule has 2 amide bonds. The van der Waals surface area contributed by atoms with Crippen LogP contribution in [0.2, 0.25) is 0 Å². The zero-order valence-electron chi connectivity index (χ0n) is 14.2. The van der Waals surface area contributed by atoms with Gasteiger partial charge in [-0.15, -0.1) is 11.3 Å². The number of aryl methyl sites for hydroxylation is 1. The third-order valence-electron chi connectivity index (χ3n) is 4.02. The SMILES string of the molecule is COc1ccc(N2CC(C(=O)Nc3nc(C)cs3)CC2=O)c(OC)c1. The van der Waals surface area contributed by atoms with Crippen molar-refractivity contribution in [3.63, 3.8) is 0 Å². The minimum atomic E-state index is -0.427. The monoisotopic (exact) mass is 361 g/mol. The number of ether oxygens (including phenoxy) is 2. The van der Waals surface area contributed by atoms with Gasteiger partial charge >= 0.3 is 0 Å². The second kappa shape index (κ2) is 7.10. The van der Waals surface area contributed by atoms with Crippen LogP contribution in [-0.4, -0.2) is 37.6 Å². The van der Waals surface area contributed by atoms with Crippen molar-refractivity contribution in [1.29, 1.82) is 0 Å². The molecule has 0 spiro atoms. The van der Waals surface area contributed by atoms with Crippen molar-refractivity contribution in [2.45, 2.75) is 13.3 Å². The van der Waals surface area contributed by atoms with Crippen molar-refractivity contribution in [3.8, 4) is 11.5 Å². The first-order chi connectivity index (χ1) is 12.0. The smallest absolute Gasteiger partial charge is 0.231 e. The number of nitrogens with one attached hydrogen (secondary N) is 1. The molecule has 25 heavy (non-hydrogen) atoms. The van der Waals surface area contributed by atoms with Gasteiger partial charge in [-0.25, -0.2) is 4.98 Å². The molecule has 8 heteroatoms. The molecule has 7 nitrogen and oxygen atoms in total. The second-order valence-corrected chi connectivity index (χ2v) is 6.58. The Labute approximate surface area is 149 Å². The Morgan fingerprint density at radius 1 is 1.36 bits per heavy atom. The van der Waals surface area contributed by atoms with E-state index in [4.69, 9.17) is 9.47 Å². The van der Waals surface area contributed by atoms with Gasteiger partial charge in [0, 0.05) is 24.4 Å². The van der Waals surface area contributed by atoms with E-state index in [0.29, 0.717) is 28.9 Å². The molecule has 0 aliphatic carbocycles. The maximum atomic E-state index is 12.4. The van der Waals surface area contributed by atoms with E-state index in [-0.39, 0.29) is 18.2 Å². The number of hydrogen-bond donors (Lipinski definition) is 1. The van der Waals surface area contributed by atoms with Crippen LogP contribution in [0.15, 0.2) is 23.6 Å². The van der Waals surface area contributed by atoms with E-state index in [0.717, 1.165) is 5.69 Å². The molecule has 0 radical (unpaired) electrons. The fourth-order valence-electron chi connectivity index (χ4n) is 2.74. The lowest BCUT2D eigenvalue weighted by atomic mass is 10.1. The van der Waals surface area contributed by atoms with Crippen LogP contribution in [0.25, 0.3) is 0 Å². The van der Waals surface area contributed by atoms with Gasteiger partial charge in [-0.3, -0.25) is 9.59 Å². The van der Waals surface area contributed by atoms with Crippen LogP contribution in [0.3, 0.4) is 0 Å². The van der Waals surface area contributed by atoms with Crippen LogP contribution in [0, 0.1) is 12.8 Å². The van der Waals surface area contributed by atoms with Gasteiger partial charge in [-0.2, -0.15) is 0 Å². The van der Waals surface area contributed by atoms with Crippen LogP contribution >= 0.6 is 11.3 Å². The zero-order chi connectivity index (χ0) is 18.0. The Morgan fingerprint density at radius 2 is 2.16 bits per heavy atom. The van der Waals surface area contributed by atoms with Crippen molar-refractivity contribution >= 4 is 34.0 Å². The fourth-order valence-corrected chi connectivity index (χ4v) is 3.43. The Bertz CT molecular complexity index is 805. The number of hydrogen-bond acceptors (Lipinski definition) is 6. The lowest BCUT2D eigenvalue weighted by Gasteiger charge is -2.20. The normalized spacial score (nSPS) is 16.8. The lowest BCUT2D eigenvalue weighted by molar-refractivity contribution is -0.122. The van der Waals surface area contributed by atoms with E-state index in [1.54, 1.807) is 30.2 Å². The molecule has 2 heterocycles. The van der Waals surface area contributed by atoms with E-state index in [2.05, 4.69) is 10.3 Å². The van der Waals surface area contributed by atoms with Gasteiger partial charge in [0.1, 0.15) is 11.5 Å². The van der Waals surface area contributed by atoms with E-state index in [1.807, 2.05) is 12.3 Å². The molecule has 2 aromatic rings. The molecule has 1 saturated heterocycles. The van der Waals surface area contributed by atoms with E-state index in [9.17, 15) is 9.59 Å². The number of benzene rings is 1. The summed E-state index contributed by atoms with van der Waals surface area (Å²) in [6.45, 7) is 2.17. The Morgan fingerprint density at radius 3 is 2.80 bits per heavy atom. The average molecular weight is 361 g/mol. The molecule has 1 fully saturated rings. The van der Waals surface area contributed by atoms with Crippen molar-refractivity contribution in [1.82, 2.24) is 4.98 Å². The molecule has 1 aliphatic heterocycles. The number of carbonyl (C=O) groups excluding carboxylic acids is 2. The van der Waals surface area contributed by atoms with Crippen LogP contribution in [0.1, 0.15) is 12.1 Å². The number of aromatic nitrogens is 1. The molecule has 1 aromatic heterocycles. The predicted molar refractivity (Wildman–Crippen MR) is 95.5 cm³/mol. The number of carbonyl (C=O) groups is 2. The number of rotatable bonds is 5. The third kappa shape index (κ3) is 3.58. The third-order valence-corrected chi connectivity index (χ3v) is 4.90. The van der Waals surface area contributed by atoms with Gasteiger partial charge in [-0.05, 0) is 19.1 Å². The Balaban J connectivity index is 1.75. The van der Waals surface area contributed by atoms with E-state index >= 15 is 0 Å². The van der Waals surface area contributed by atoms with Gasteiger partial charge in [-0.1, -0.05) is 0 Å². The molecule has 1 N–H and O–H groups in total. The summed E-state index contributed by atoms with van der Waals surface area (Å²) in [7, 11) is 3.10. The maximum Gasteiger partial charge on any atom is 0.231 e. The minimum absolute atomic E-state index is 0.112. The molecular formula is C17H19N3O4S. The summed E-state index contributed by atoms with van der Waals surface area (Å²) in [6.07, 6.45) is 0.158. The van der Waals surface area contributed by atoms with Gasteiger partial charge < -0.3 is 19.7 Å². The summed E-state index contributed by atoms with van der Waals surface area (Å²) in [5, 5.41) is 5.20. The first-order valence-corrected chi connectivity index (χ1v) is 8.65. The highest BCUT2D eigenvalue weighted by atomic mass is 32.1. The average Bonchev–Trinajstić information content (AvgIpc) is 3.19. The Kier molecular flexibility index (Phi) is 4.89. The number of amides is 2. The van der Waals surface area contributed by atoms with Gasteiger partial charge in [0.2, 0.25) is 11.8 Å². The molecular weight excluding hydrogens is 342 g/mol. The van der Waals surface area contributed by atoms with Crippen molar-refractivity contribution in [3.05, 3.63) is 29.3 Å². The highest BCUT2D eigenvalue weighted by Gasteiger charge is 2.36. The Hall–Kier alpha value is -2.61. The van der Waals surface area contributed by atoms with Crippen molar-refractivity contribution in [2.24, 2.45) is 5.92 Å². The first kappa shape index (κ1) is 17.2. The quantitative estimate of drug-likeness (QED) is 0.885. The minimum Gasteiger partial charge on any atom is -0.497 e. The molecule has 132 valence electrons. The molecule has 0 bridgehead atoms. The molecule has 3 rings (SSSR count). The number of nitrogens with zero attached hydrogens (tertiary/aromatic N) is 2. The summed E-state index contributed by atoms with van der Waals surface area (Å²) >= 11 is 1.37. The molecule has 0 saturated carbocycles. The van der Waals surface area contributed by atoms with E-state index < -0.39 is 5.92 Å². The maximum absolute atomic E-state index is 12.4. The van der Waals surface area contributed by atoms with Crippen LogP contribution < -0.4 is 19.7 Å². The van der Waals surface area contributed by atoms with Gasteiger partial charge in [0.05, 0.1) is 31.5 Å². The molecule has 1 aromatic carbocycles. The lowest BCUT2D eigenvalue weighted by Crippen LogP contribution is -2.28. The fraction of sp³-hybridized carbons (Fsp3) is 0.353. The largest absolute Gasteiger partial charge is 0.497 e. The molecule has 1 unspecified atom stereocenters.